The number of allylic oxidation sites excluding steroid dienone is 1. The zero-order valence-corrected chi connectivity index (χ0v) is 10.3. The van der Waals surface area contributed by atoms with Gasteiger partial charge in [0.1, 0.15) is 0 Å². The van der Waals surface area contributed by atoms with Gasteiger partial charge in [-0.05, 0) is 6.08 Å². The van der Waals surface area contributed by atoms with Gasteiger partial charge in [-0.3, -0.25) is 4.57 Å². The van der Waals surface area contributed by atoms with E-state index in [1.54, 1.807) is 0 Å². The fourth-order valence-electron chi connectivity index (χ4n) is 0.780. The van der Waals surface area contributed by atoms with Crippen LogP contribution < -0.4 is 9.46 Å². The largest absolute Gasteiger partial charge is 0.756 e. The van der Waals surface area contributed by atoms with Gasteiger partial charge in [0.15, 0.2) is 18.9 Å². The number of phosphoric acid groups is 1. The maximum absolute atomic E-state index is 9.95. The van der Waals surface area contributed by atoms with E-state index in [2.05, 4.69) is 20.2 Å². The average Bonchev–Trinajstić information content (AvgIpc) is 2.32. The van der Waals surface area contributed by atoms with Crippen LogP contribution in [0.2, 0.25) is 0 Å². The third-order valence-electron chi connectivity index (χ3n) is 1.56. The van der Waals surface area contributed by atoms with E-state index in [1.807, 2.05) is 36.7 Å². The number of aromatic nitrogens is 1. The molecule has 0 spiro atoms. The van der Waals surface area contributed by atoms with Gasteiger partial charge in [-0.2, -0.15) is 0 Å². The van der Waals surface area contributed by atoms with Crippen LogP contribution in [0.3, 0.4) is 0 Å². The summed E-state index contributed by atoms with van der Waals surface area (Å²) in [5.41, 5.74) is 0. The van der Waals surface area contributed by atoms with E-state index in [0.717, 1.165) is 20.8 Å². The fourth-order valence-corrected chi connectivity index (χ4v) is 0.929. The second-order valence-corrected chi connectivity index (χ2v) is 4.30. The molecule has 16 heavy (non-hydrogen) atoms. The Hall–Kier alpha value is -1.00. The normalized spacial score (nSPS) is 10.2. The average molecular weight is 245 g/mol. The molecule has 0 saturated heterocycles. The van der Waals surface area contributed by atoms with Gasteiger partial charge in [0, 0.05) is 26.4 Å². The van der Waals surface area contributed by atoms with Crippen LogP contribution in [0.4, 0.5) is 0 Å². The van der Waals surface area contributed by atoms with Crippen LogP contribution in [0.25, 0.3) is 0 Å². The van der Waals surface area contributed by atoms with E-state index in [9.17, 15) is 9.46 Å². The monoisotopic (exact) mass is 245 g/mol. The summed E-state index contributed by atoms with van der Waals surface area (Å²) in [6, 6.07) is 6.01. The van der Waals surface area contributed by atoms with Crippen molar-refractivity contribution in [2.75, 3.05) is 14.2 Å². The number of nitrogens with zero attached hydrogens (tertiary/aromatic N) is 1. The summed E-state index contributed by atoms with van der Waals surface area (Å²) in [6.07, 6.45) is 5.91. The Bertz CT molecular complexity index is 334. The minimum absolute atomic E-state index is 0.890. The molecule has 1 heterocycles. The molecule has 1 rings (SSSR count). The van der Waals surface area contributed by atoms with Crippen LogP contribution in [0.1, 0.15) is 0 Å². The van der Waals surface area contributed by atoms with Crippen LogP contribution in [-0.2, 0) is 20.2 Å². The first kappa shape index (κ1) is 15.0. The van der Waals surface area contributed by atoms with E-state index in [1.165, 1.54) is 0 Å². The molecule has 0 aliphatic heterocycles. The summed E-state index contributed by atoms with van der Waals surface area (Å²) in [7, 11) is -1.83. The van der Waals surface area contributed by atoms with Gasteiger partial charge in [0.2, 0.25) is 0 Å². The van der Waals surface area contributed by atoms with E-state index in [0.29, 0.717) is 0 Å². The number of hydrogen-bond acceptors (Lipinski definition) is 4. The van der Waals surface area contributed by atoms with Crippen molar-refractivity contribution in [1.29, 1.82) is 0 Å². The Kier molecular flexibility index (Phi) is 7.68. The summed E-state index contributed by atoms with van der Waals surface area (Å²) < 4.78 is 19.7. The predicted octanol–water partition coefficient (Wildman–Crippen LogP) is 0.908. The number of phosphoric ester groups is 1. The lowest BCUT2D eigenvalue weighted by Crippen LogP contribution is -2.30. The van der Waals surface area contributed by atoms with Crippen molar-refractivity contribution in [1.82, 2.24) is 0 Å². The maximum Gasteiger partial charge on any atom is 0.267 e. The molecular weight excluding hydrogens is 229 g/mol. The Balaban J connectivity index is 0.000000293. The summed E-state index contributed by atoms with van der Waals surface area (Å²) in [5.74, 6) is 0. The van der Waals surface area contributed by atoms with E-state index >= 15 is 0 Å². The number of pyridine rings is 1. The summed E-state index contributed by atoms with van der Waals surface area (Å²) >= 11 is 0. The Labute approximate surface area is 95.6 Å². The second kappa shape index (κ2) is 8.19. The Morgan fingerprint density at radius 3 is 2.12 bits per heavy atom. The smallest absolute Gasteiger partial charge is 0.267 e. The van der Waals surface area contributed by atoms with Gasteiger partial charge in [-0.15, -0.1) is 0 Å². The van der Waals surface area contributed by atoms with Crippen LogP contribution in [0.5, 0.6) is 0 Å². The lowest BCUT2D eigenvalue weighted by atomic mass is 10.5. The van der Waals surface area contributed by atoms with Crippen molar-refractivity contribution in [3.63, 3.8) is 0 Å². The molecule has 0 aliphatic rings. The first-order valence-electron chi connectivity index (χ1n) is 4.53. The molecule has 0 aromatic carbocycles. The Morgan fingerprint density at radius 2 is 1.81 bits per heavy atom. The van der Waals surface area contributed by atoms with Crippen molar-refractivity contribution in [3.8, 4) is 0 Å². The predicted molar refractivity (Wildman–Crippen MR) is 58.5 cm³/mol. The van der Waals surface area contributed by atoms with Crippen LogP contribution in [0, 0.1) is 0 Å². The summed E-state index contributed by atoms with van der Waals surface area (Å²) in [5, 5.41) is 0. The first-order valence-corrected chi connectivity index (χ1v) is 5.99. The molecule has 6 heteroatoms. The molecule has 0 fully saturated rings. The summed E-state index contributed by atoms with van der Waals surface area (Å²) in [4.78, 5) is 9.95. The number of rotatable bonds is 4. The molecule has 90 valence electrons. The third-order valence-corrected chi connectivity index (χ3v) is 2.46. The molecule has 5 nitrogen and oxygen atoms in total. The van der Waals surface area contributed by atoms with Crippen molar-refractivity contribution in [2.45, 2.75) is 6.54 Å². The molecular formula is C10H16NO4P. The summed E-state index contributed by atoms with van der Waals surface area (Å²) in [6.45, 7) is 4.52. The first-order chi connectivity index (χ1) is 7.55. The Morgan fingerprint density at radius 1 is 1.31 bits per heavy atom. The highest BCUT2D eigenvalue weighted by molar-refractivity contribution is 7.45. The van der Waals surface area contributed by atoms with Crippen molar-refractivity contribution >= 4 is 7.82 Å². The lowest BCUT2D eigenvalue weighted by molar-refractivity contribution is -0.687. The van der Waals surface area contributed by atoms with Gasteiger partial charge < -0.3 is 13.9 Å². The topological polar surface area (TPSA) is 62.5 Å². The van der Waals surface area contributed by atoms with Gasteiger partial charge in [-0.1, -0.05) is 12.6 Å². The molecule has 0 atom stereocenters. The van der Waals surface area contributed by atoms with Crippen molar-refractivity contribution < 1.29 is 23.1 Å². The molecule has 1 aromatic rings. The van der Waals surface area contributed by atoms with Gasteiger partial charge in [0.25, 0.3) is 7.82 Å². The molecule has 0 aliphatic carbocycles. The molecule has 1 aromatic heterocycles. The van der Waals surface area contributed by atoms with E-state index in [-0.39, 0.29) is 0 Å². The minimum Gasteiger partial charge on any atom is -0.756 e. The zero-order chi connectivity index (χ0) is 12.4. The van der Waals surface area contributed by atoms with Gasteiger partial charge in [-0.25, -0.2) is 4.57 Å². The highest BCUT2D eigenvalue weighted by Crippen LogP contribution is 2.34. The third kappa shape index (κ3) is 7.31. The van der Waals surface area contributed by atoms with Gasteiger partial charge >= 0.3 is 0 Å². The highest BCUT2D eigenvalue weighted by Gasteiger charge is 1.98. The van der Waals surface area contributed by atoms with Crippen molar-refractivity contribution in [3.05, 3.63) is 43.2 Å². The second-order valence-electron chi connectivity index (χ2n) is 2.67. The molecule has 0 bridgehead atoms. The van der Waals surface area contributed by atoms with Crippen LogP contribution >= 0.6 is 7.82 Å². The SMILES string of the molecule is C=CC[n+]1ccccc1.COP(=O)([O-])OC. The van der Waals surface area contributed by atoms with Crippen molar-refractivity contribution in [2.24, 2.45) is 0 Å². The van der Waals surface area contributed by atoms with Gasteiger partial charge in [0.05, 0.1) is 0 Å². The maximum atomic E-state index is 9.95. The quantitative estimate of drug-likeness (QED) is 0.449. The fraction of sp³-hybridized carbons (Fsp3) is 0.300. The molecule has 0 radical (unpaired) electrons. The van der Waals surface area contributed by atoms with Crippen LogP contribution in [0.15, 0.2) is 43.2 Å². The minimum atomic E-state index is -3.90. The molecule has 0 amide bonds. The number of hydrogen-bond donors (Lipinski definition) is 0. The standard InChI is InChI=1S/C8H10N.C2H7O4P/c1-2-6-9-7-4-3-5-8-9;1-5-7(3,4)6-2/h2-5,7-8H,1,6H2;1-2H3,(H,3,4)/q+1;/p-1. The lowest BCUT2D eigenvalue weighted by Gasteiger charge is -2.16. The molecule has 0 N–H and O–H groups in total. The zero-order valence-electron chi connectivity index (χ0n) is 9.41. The van der Waals surface area contributed by atoms with E-state index < -0.39 is 7.82 Å². The van der Waals surface area contributed by atoms with E-state index in [4.69, 9.17) is 0 Å². The van der Waals surface area contributed by atoms with Crippen LogP contribution in [-0.4, -0.2) is 14.2 Å². The molecule has 0 saturated carbocycles. The molecule has 0 unspecified atom stereocenters. The highest BCUT2D eigenvalue weighted by atomic mass is 31.2.